The minimum Gasteiger partial charge on any atom is -0.466 e. The van der Waals surface area contributed by atoms with E-state index in [-0.39, 0.29) is 11.9 Å². The molecule has 26 heavy (non-hydrogen) atoms. The molecule has 0 saturated heterocycles. The van der Waals surface area contributed by atoms with Crippen LogP contribution in [0.5, 0.6) is 0 Å². The van der Waals surface area contributed by atoms with E-state index >= 15 is 0 Å². The molecule has 4 rings (SSSR count). The van der Waals surface area contributed by atoms with Gasteiger partial charge in [0.1, 0.15) is 0 Å². The second kappa shape index (κ2) is 6.83. The van der Waals surface area contributed by atoms with Gasteiger partial charge in [-0.05, 0) is 30.2 Å². The number of benzene rings is 2. The van der Waals surface area contributed by atoms with Crippen LogP contribution in [0.15, 0.2) is 79.0 Å². The minimum atomic E-state index is -0.418. The third-order valence-electron chi connectivity index (χ3n) is 5.48. The number of hydrogen-bond donors (Lipinski definition) is 0. The summed E-state index contributed by atoms with van der Waals surface area (Å²) in [6.45, 7) is 3.13. The Morgan fingerprint density at radius 3 is 2.42 bits per heavy atom. The van der Waals surface area contributed by atoms with Gasteiger partial charge in [0.2, 0.25) is 0 Å². The minimum absolute atomic E-state index is 0.146. The van der Waals surface area contributed by atoms with Crippen molar-refractivity contribution >= 4 is 5.97 Å². The van der Waals surface area contributed by atoms with Crippen LogP contribution in [0.3, 0.4) is 0 Å². The normalized spacial score (nSPS) is 21.3. The summed E-state index contributed by atoms with van der Waals surface area (Å²) >= 11 is 0. The summed E-state index contributed by atoms with van der Waals surface area (Å²) in [6.07, 6.45) is 2.45. The summed E-state index contributed by atoms with van der Waals surface area (Å²) in [7, 11) is 0. The maximum Gasteiger partial charge on any atom is 0.307 e. The first-order valence-electron chi connectivity index (χ1n) is 9.17. The molecule has 0 radical (unpaired) electrons. The third-order valence-corrected chi connectivity index (χ3v) is 5.48. The Morgan fingerprint density at radius 1 is 1.04 bits per heavy atom. The van der Waals surface area contributed by atoms with Crippen molar-refractivity contribution in [1.82, 2.24) is 4.57 Å². The lowest BCUT2D eigenvalue weighted by Crippen LogP contribution is -2.35. The third kappa shape index (κ3) is 2.64. The van der Waals surface area contributed by atoms with E-state index in [4.69, 9.17) is 4.74 Å². The van der Waals surface area contributed by atoms with Crippen LogP contribution in [-0.4, -0.2) is 17.1 Å². The van der Waals surface area contributed by atoms with E-state index in [1.807, 2.05) is 19.1 Å². The maximum atomic E-state index is 12.7. The monoisotopic (exact) mass is 345 g/mol. The highest BCUT2D eigenvalue weighted by atomic mass is 16.5. The van der Waals surface area contributed by atoms with Crippen LogP contribution < -0.4 is 0 Å². The van der Waals surface area contributed by atoms with Gasteiger partial charge in [-0.1, -0.05) is 60.7 Å². The van der Waals surface area contributed by atoms with E-state index in [1.165, 1.54) is 16.8 Å². The first-order chi connectivity index (χ1) is 12.8. The summed E-state index contributed by atoms with van der Waals surface area (Å²) in [5.41, 5.74) is 3.19. The molecule has 2 atom stereocenters. The molecule has 0 saturated carbocycles. The average Bonchev–Trinajstić information content (AvgIpc) is 3.25. The fraction of sp³-hybridized carbons (Fsp3) is 0.261. The van der Waals surface area contributed by atoms with Crippen LogP contribution in [0.1, 0.15) is 36.1 Å². The first kappa shape index (κ1) is 16.6. The first-order valence-corrected chi connectivity index (χ1v) is 9.17. The van der Waals surface area contributed by atoms with Gasteiger partial charge in [0.15, 0.2) is 0 Å². The maximum absolute atomic E-state index is 12.7. The second-order valence-electron chi connectivity index (χ2n) is 6.83. The lowest BCUT2D eigenvalue weighted by Gasteiger charge is -2.35. The molecular weight excluding hydrogens is 322 g/mol. The molecular formula is C23H23NO2. The average molecular weight is 345 g/mol. The number of aromatic nitrogens is 1. The zero-order valence-corrected chi connectivity index (χ0v) is 15.0. The van der Waals surface area contributed by atoms with Crippen LogP contribution in [-0.2, 0) is 21.5 Å². The highest BCUT2D eigenvalue weighted by Gasteiger charge is 2.50. The van der Waals surface area contributed by atoms with Crippen LogP contribution in [0, 0.1) is 0 Å². The van der Waals surface area contributed by atoms with Crippen LogP contribution >= 0.6 is 0 Å². The van der Waals surface area contributed by atoms with Gasteiger partial charge >= 0.3 is 5.97 Å². The van der Waals surface area contributed by atoms with Crippen molar-refractivity contribution in [2.45, 2.75) is 31.2 Å². The Kier molecular flexibility index (Phi) is 4.37. The van der Waals surface area contributed by atoms with E-state index in [1.54, 1.807) is 0 Å². The van der Waals surface area contributed by atoms with Crippen molar-refractivity contribution in [2.24, 2.45) is 0 Å². The number of hydrogen-bond acceptors (Lipinski definition) is 2. The van der Waals surface area contributed by atoms with Gasteiger partial charge in [-0.15, -0.1) is 0 Å². The molecule has 1 aliphatic heterocycles. The molecule has 0 amide bonds. The van der Waals surface area contributed by atoms with E-state index in [9.17, 15) is 4.79 Å². The zero-order chi connectivity index (χ0) is 18.0. The number of esters is 1. The number of carbonyl (C=O) groups excluding carboxylic acids is 1. The molecule has 2 heterocycles. The quantitative estimate of drug-likeness (QED) is 0.637. The highest BCUT2D eigenvalue weighted by Crippen LogP contribution is 2.52. The van der Waals surface area contributed by atoms with Gasteiger partial charge in [-0.25, -0.2) is 0 Å². The van der Waals surface area contributed by atoms with Crippen molar-refractivity contribution in [1.29, 1.82) is 0 Å². The second-order valence-corrected chi connectivity index (χ2v) is 6.83. The van der Waals surface area contributed by atoms with Gasteiger partial charge in [-0.3, -0.25) is 4.79 Å². The van der Waals surface area contributed by atoms with E-state index < -0.39 is 5.41 Å². The molecule has 0 spiro atoms. The highest BCUT2D eigenvalue weighted by molar-refractivity contribution is 5.73. The lowest BCUT2D eigenvalue weighted by atomic mass is 9.65. The van der Waals surface area contributed by atoms with Crippen LogP contribution in [0.2, 0.25) is 0 Å². The fourth-order valence-corrected chi connectivity index (χ4v) is 4.42. The molecule has 0 aliphatic carbocycles. The summed E-state index contributed by atoms with van der Waals surface area (Å²) in [6, 6.07) is 25.1. The number of carbonyl (C=O) groups is 1. The Hall–Kier alpha value is -2.81. The molecule has 2 aromatic carbocycles. The number of rotatable bonds is 5. The van der Waals surface area contributed by atoms with E-state index in [2.05, 4.69) is 71.4 Å². The largest absolute Gasteiger partial charge is 0.466 e. The SMILES string of the molecule is CCOC(=O)CC1(c2ccccc2)c2cccn2CC1c1ccccc1. The van der Waals surface area contributed by atoms with Crippen molar-refractivity contribution < 1.29 is 9.53 Å². The standard InChI is InChI=1S/C23H23NO2/c1-2-26-22(25)16-23(19-12-7-4-8-13-19)20(18-10-5-3-6-11-18)17-24-15-9-14-21(23)24/h3-15,20H,2,16-17H2,1H3. The Balaban J connectivity index is 1.91. The topological polar surface area (TPSA) is 31.2 Å². The van der Waals surface area contributed by atoms with Gasteiger partial charge in [0, 0.05) is 24.4 Å². The molecule has 3 heteroatoms. The predicted molar refractivity (Wildman–Crippen MR) is 102 cm³/mol. The van der Waals surface area contributed by atoms with E-state index in [0.29, 0.717) is 13.0 Å². The van der Waals surface area contributed by atoms with Crippen molar-refractivity contribution in [3.63, 3.8) is 0 Å². The number of nitrogens with zero attached hydrogens (tertiary/aromatic N) is 1. The van der Waals surface area contributed by atoms with Crippen LogP contribution in [0.4, 0.5) is 0 Å². The van der Waals surface area contributed by atoms with Gasteiger partial charge < -0.3 is 9.30 Å². The van der Waals surface area contributed by atoms with Gasteiger partial charge in [-0.2, -0.15) is 0 Å². The number of ether oxygens (including phenoxy) is 1. The summed E-state index contributed by atoms with van der Waals surface area (Å²) in [5.74, 6) is 0.0404. The summed E-state index contributed by atoms with van der Waals surface area (Å²) in [4.78, 5) is 12.7. The molecule has 1 aromatic heterocycles. The Labute approximate surface area is 154 Å². The Morgan fingerprint density at radius 2 is 1.73 bits per heavy atom. The van der Waals surface area contributed by atoms with Crippen molar-refractivity contribution in [2.75, 3.05) is 6.61 Å². The van der Waals surface area contributed by atoms with Crippen molar-refractivity contribution in [3.05, 3.63) is 95.8 Å². The lowest BCUT2D eigenvalue weighted by molar-refractivity contribution is -0.144. The van der Waals surface area contributed by atoms with E-state index in [0.717, 1.165) is 6.54 Å². The molecule has 0 N–H and O–H groups in total. The smallest absolute Gasteiger partial charge is 0.307 e. The Bertz CT molecular complexity index is 885. The summed E-state index contributed by atoms with van der Waals surface area (Å²) in [5, 5.41) is 0. The summed E-state index contributed by atoms with van der Waals surface area (Å²) < 4.78 is 7.66. The van der Waals surface area contributed by atoms with Crippen LogP contribution in [0.25, 0.3) is 0 Å². The molecule has 0 fully saturated rings. The van der Waals surface area contributed by atoms with Gasteiger partial charge in [0.25, 0.3) is 0 Å². The molecule has 3 nitrogen and oxygen atoms in total. The molecule has 0 bridgehead atoms. The molecule has 2 unspecified atom stereocenters. The van der Waals surface area contributed by atoms with Crippen molar-refractivity contribution in [3.8, 4) is 0 Å². The molecule has 3 aromatic rings. The molecule has 132 valence electrons. The zero-order valence-electron chi connectivity index (χ0n) is 15.0. The fourth-order valence-electron chi connectivity index (χ4n) is 4.42. The van der Waals surface area contributed by atoms with Gasteiger partial charge in [0.05, 0.1) is 18.4 Å². The predicted octanol–water partition coefficient (Wildman–Crippen LogP) is 4.52. The molecule has 1 aliphatic rings. The number of fused-ring (bicyclic) bond motifs is 1.